The summed E-state index contributed by atoms with van der Waals surface area (Å²) in [5.74, 6) is 3.51. The maximum atomic E-state index is 13.3. The van der Waals surface area contributed by atoms with Crippen molar-refractivity contribution in [2.24, 2.45) is 0 Å². The Morgan fingerprint density at radius 3 is 1.00 bits per heavy atom. The van der Waals surface area contributed by atoms with Crippen LogP contribution in [0.2, 0.25) is 0 Å². The van der Waals surface area contributed by atoms with Crippen molar-refractivity contribution in [1.29, 1.82) is 0 Å². The average molecular weight is 937 g/mol. The normalized spacial score (nSPS) is 13.1. The van der Waals surface area contributed by atoms with Crippen LogP contribution < -0.4 is 21.9 Å². The first kappa shape index (κ1) is 48.9. The quantitative estimate of drug-likeness (QED) is 0.0642. The molecule has 0 spiro atoms. The van der Waals surface area contributed by atoms with E-state index in [1.807, 2.05) is 36.4 Å². The summed E-state index contributed by atoms with van der Waals surface area (Å²) in [4.78, 5) is 0. The second-order valence-corrected chi connectivity index (χ2v) is 18.1. The number of benzene rings is 7. The van der Waals surface area contributed by atoms with Crippen molar-refractivity contribution < 1.29 is 56.9 Å². The average Bonchev–Trinajstić information content (AvgIpc) is 3.27. The Balaban J connectivity index is 0.000000245. The fourth-order valence-electron chi connectivity index (χ4n) is 7.63. The Morgan fingerprint density at radius 2 is 0.682 bits per heavy atom. The number of halogens is 12. The molecule has 0 heterocycles. The first-order chi connectivity index (χ1) is 30.9. The van der Waals surface area contributed by atoms with Gasteiger partial charge in [0.25, 0.3) is 0 Å². The van der Waals surface area contributed by atoms with Crippen molar-refractivity contribution in [2.45, 2.75) is 36.9 Å². The summed E-state index contributed by atoms with van der Waals surface area (Å²) in [5, 5.41) is 2.96. The fourth-order valence-corrected chi connectivity index (χ4v) is 8.86. The van der Waals surface area contributed by atoms with Crippen LogP contribution in [0.5, 0.6) is 0 Å². The van der Waals surface area contributed by atoms with Crippen molar-refractivity contribution >= 4 is 37.9 Å². The van der Waals surface area contributed by atoms with E-state index < -0.39 is 63.0 Å². The van der Waals surface area contributed by atoms with Crippen LogP contribution in [0.25, 0.3) is 0 Å². The molecule has 0 saturated carbocycles. The molecule has 7 aromatic rings. The van der Waals surface area contributed by atoms with E-state index in [1.54, 1.807) is 6.26 Å². The van der Waals surface area contributed by atoms with Crippen molar-refractivity contribution in [3.63, 3.8) is 0 Å². The minimum Gasteiger partial charge on any atom is -0.195 e. The first-order valence-electron chi connectivity index (χ1n) is 20.0. The number of hydrogen-bond acceptors (Lipinski definition) is 1. The lowest BCUT2D eigenvalue weighted by Gasteiger charge is -2.44. The minimum atomic E-state index is -4.77. The maximum absolute atomic E-state index is 13.3. The number of alkyl halides is 12. The molecule has 0 aliphatic heterocycles. The van der Waals surface area contributed by atoms with Crippen LogP contribution in [0.1, 0.15) is 44.5 Å². The molecule has 0 bridgehead atoms. The Labute approximate surface area is 374 Å². The Morgan fingerprint density at radius 1 is 0.394 bits per heavy atom. The lowest BCUT2D eigenvalue weighted by molar-refractivity contribution is -0.138. The summed E-state index contributed by atoms with van der Waals surface area (Å²) < 4.78 is 173. The van der Waals surface area contributed by atoms with Crippen LogP contribution in [0.4, 0.5) is 52.7 Å². The third kappa shape index (κ3) is 12.2. The van der Waals surface area contributed by atoms with Gasteiger partial charge in [0.15, 0.2) is 15.2 Å². The SMILES string of the molecule is C[S+](=O)(C#Cc1ccccc1)Cc1ccc(Cc2ccccc2)cc1.FC(F)(F)c1ccc([B-](c2ccc(C(F)(F)F)cc2)(c2ccc(C(F)(F)F)cc2)c2ccc(C(F)(F)F)cc2)cc1. The topological polar surface area (TPSA) is 17.1 Å². The molecular weight excluding hydrogens is 899 g/mol. The predicted molar refractivity (Wildman–Crippen MR) is 237 cm³/mol. The summed E-state index contributed by atoms with van der Waals surface area (Å²) in [6, 6.07) is 42.0. The van der Waals surface area contributed by atoms with E-state index in [0.29, 0.717) is 54.3 Å². The van der Waals surface area contributed by atoms with Crippen molar-refractivity contribution in [3.8, 4) is 11.2 Å². The van der Waals surface area contributed by atoms with Gasteiger partial charge in [0.05, 0.1) is 22.3 Å². The minimum absolute atomic E-state index is 0.0114. The summed E-state index contributed by atoms with van der Waals surface area (Å²) >= 11 is 0. The Bertz CT molecular complexity index is 2550. The second kappa shape index (κ2) is 19.5. The number of rotatable bonds is 8. The van der Waals surface area contributed by atoms with Gasteiger partial charge in [-0.2, -0.15) is 74.5 Å². The van der Waals surface area contributed by atoms with Gasteiger partial charge in [-0.05, 0) is 35.6 Å². The zero-order chi connectivity index (χ0) is 48.0. The highest BCUT2D eigenvalue weighted by Gasteiger charge is 2.38. The van der Waals surface area contributed by atoms with E-state index in [4.69, 9.17) is 0 Å². The lowest BCUT2D eigenvalue weighted by Crippen LogP contribution is -2.74. The molecule has 0 aliphatic carbocycles. The summed E-state index contributed by atoms with van der Waals surface area (Å²) in [5.41, 5.74) is 0.218. The molecule has 7 aromatic carbocycles. The van der Waals surface area contributed by atoms with Gasteiger partial charge in [-0.25, -0.2) is 0 Å². The summed E-state index contributed by atoms with van der Waals surface area (Å²) in [6.07, 6.45) is -19.3. The monoisotopic (exact) mass is 936 g/mol. The zero-order valence-electron chi connectivity index (χ0n) is 34.7. The molecule has 7 rings (SSSR count). The van der Waals surface area contributed by atoms with E-state index in [9.17, 15) is 56.9 Å². The van der Waals surface area contributed by atoms with Gasteiger partial charge >= 0.3 is 24.7 Å². The van der Waals surface area contributed by atoms with E-state index in [2.05, 4.69) is 59.7 Å². The standard InChI is InChI=1S/C28H16BF12.C23H21OS/c30-25(31,32)17-1-9-21(10-2-17)29(22-11-3-18(4-12-22)26(33,34)35,23-13-5-19(6-14-23)27(36,37)38)24-15-7-20(8-16-24)28(39,40)41;1-25(24,17-16-20-8-4-2-5-9-20)19-23-14-12-22(13-15-23)18-21-10-6-3-7-11-21/h1-16H;2-15H,18-19H2,1H3/q-1;+1. The fraction of sp³-hybridized carbons (Fsp3) is 0.137. The third-order valence-corrected chi connectivity index (χ3v) is 12.3. The Hall–Kier alpha value is -6.53. The van der Waals surface area contributed by atoms with Gasteiger partial charge < -0.3 is 0 Å². The maximum Gasteiger partial charge on any atom is 0.416 e. The first-order valence-corrected chi connectivity index (χ1v) is 22.1. The van der Waals surface area contributed by atoms with E-state index in [1.165, 1.54) is 11.1 Å². The van der Waals surface area contributed by atoms with E-state index >= 15 is 0 Å². The molecule has 1 atom stereocenters. The smallest absolute Gasteiger partial charge is 0.195 e. The van der Waals surface area contributed by atoms with E-state index in [0.717, 1.165) is 66.1 Å². The highest BCUT2D eigenvalue weighted by atomic mass is 32.2. The molecule has 0 amide bonds. The highest BCUT2D eigenvalue weighted by Crippen LogP contribution is 2.32. The van der Waals surface area contributed by atoms with Crippen LogP contribution >= 0.6 is 0 Å². The van der Waals surface area contributed by atoms with Crippen LogP contribution in [0.3, 0.4) is 0 Å². The summed E-state index contributed by atoms with van der Waals surface area (Å²) in [7, 11) is -2.22. The van der Waals surface area contributed by atoms with Gasteiger partial charge in [0.1, 0.15) is 18.2 Å². The molecule has 0 fully saturated rings. The van der Waals surface area contributed by atoms with Crippen LogP contribution in [0.15, 0.2) is 182 Å². The van der Waals surface area contributed by atoms with Crippen molar-refractivity contribution in [2.75, 3.05) is 6.26 Å². The summed E-state index contributed by atoms with van der Waals surface area (Å²) in [6.45, 7) is 0. The molecule has 66 heavy (non-hydrogen) atoms. The van der Waals surface area contributed by atoms with E-state index in [-0.39, 0.29) is 21.9 Å². The molecule has 340 valence electrons. The highest BCUT2D eigenvalue weighted by molar-refractivity contribution is 8.05. The molecule has 0 radical (unpaired) electrons. The number of hydrogen-bond donors (Lipinski definition) is 0. The molecule has 15 heteroatoms. The molecular formula is C51H37BF12OS. The van der Waals surface area contributed by atoms with Gasteiger partial charge in [0, 0.05) is 11.1 Å². The lowest BCUT2D eigenvalue weighted by atomic mass is 9.13. The van der Waals surface area contributed by atoms with Gasteiger partial charge in [-0.1, -0.05) is 174 Å². The largest absolute Gasteiger partial charge is 0.416 e. The van der Waals surface area contributed by atoms with Gasteiger partial charge in [-0.15, -0.1) is 0 Å². The second-order valence-electron chi connectivity index (χ2n) is 15.6. The molecule has 1 nitrogen and oxygen atoms in total. The zero-order valence-corrected chi connectivity index (χ0v) is 35.5. The van der Waals surface area contributed by atoms with Crippen LogP contribution in [0, 0.1) is 11.2 Å². The van der Waals surface area contributed by atoms with Crippen molar-refractivity contribution in [3.05, 3.63) is 226 Å². The Kier molecular flexibility index (Phi) is 14.5. The molecule has 0 aromatic heterocycles. The van der Waals surface area contributed by atoms with Gasteiger partial charge in [-0.3, -0.25) is 0 Å². The molecule has 0 saturated heterocycles. The van der Waals surface area contributed by atoms with Crippen molar-refractivity contribution in [1.82, 2.24) is 0 Å². The molecule has 0 N–H and O–H groups in total. The molecule has 1 unspecified atom stereocenters. The van der Waals surface area contributed by atoms with Crippen LogP contribution in [-0.4, -0.2) is 12.4 Å². The predicted octanol–water partition coefficient (Wildman–Crippen LogP) is 12.1. The van der Waals surface area contributed by atoms with Gasteiger partial charge in [0.2, 0.25) is 0 Å². The van der Waals surface area contributed by atoms with Crippen LogP contribution in [-0.2, 0) is 51.0 Å². The molecule has 0 aliphatic rings. The third-order valence-electron chi connectivity index (χ3n) is 10.9.